The average Bonchev–Trinajstić information content (AvgIpc) is 3.16. The number of aromatic nitrogens is 2. The first-order valence-electron chi connectivity index (χ1n) is 10.2. The van der Waals surface area contributed by atoms with Crippen molar-refractivity contribution in [3.63, 3.8) is 0 Å². The Kier molecular flexibility index (Phi) is 5.57. The lowest BCUT2D eigenvalue weighted by Crippen LogP contribution is -2.20. The largest absolute Gasteiger partial charge is 0.486 e. The van der Waals surface area contributed by atoms with E-state index in [1.54, 1.807) is 0 Å². The molecule has 0 saturated carbocycles. The third-order valence-corrected chi connectivity index (χ3v) is 5.68. The van der Waals surface area contributed by atoms with Crippen molar-refractivity contribution in [2.24, 2.45) is 5.92 Å². The SMILES string of the molecule is CCn1cc(C2=C(C)C(C)CC=C3C(OCc4c(F)cccc4F)=CC=CN32)cn1. The molecule has 0 radical (unpaired) electrons. The molecule has 0 saturated heterocycles. The van der Waals surface area contributed by atoms with Gasteiger partial charge in [0.15, 0.2) is 0 Å². The van der Waals surface area contributed by atoms with Crippen LogP contribution in [0.15, 0.2) is 72.1 Å². The summed E-state index contributed by atoms with van der Waals surface area (Å²) in [5.41, 5.74) is 4.15. The maximum atomic E-state index is 14.0. The summed E-state index contributed by atoms with van der Waals surface area (Å²) in [4.78, 5) is 2.09. The molecule has 0 spiro atoms. The molecule has 2 aromatic rings. The molecule has 0 N–H and O–H groups in total. The molecular weight excluding hydrogens is 384 g/mol. The number of benzene rings is 1. The van der Waals surface area contributed by atoms with Crippen LogP contribution < -0.4 is 0 Å². The molecule has 0 amide bonds. The van der Waals surface area contributed by atoms with Gasteiger partial charge in [0.05, 0.1) is 23.2 Å². The Hall–Kier alpha value is -3.15. The van der Waals surface area contributed by atoms with Crippen LogP contribution in [0.25, 0.3) is 5.70 Å². The van der Waals surface area contributed by atoms with Crippen molar-refractivity contribution in [3.8, 4) is 0 Å². The molecule has 156 valence electrons. The minimum absolute atomic E-state index is 0.0711. The predicted octanol–water partition coefficient (Wildman–Crippen LogP) is 5.77. The van der Waals surface area contributed by atoms with Crippen LogP contribution in [0, 0.1) is 17.6 Å². The zero-order chi connectivity index (χ0) is 21.3. The molecule has 3 heterocycles. The normalized spacial score (nSPS) is 18.7. The van der Waals surface area contributed by atoms with Crippen LogP contribution in [0.3, 0.4) is 0 Å². The summed E-state index contributed by atoms with van der Waals surface area (Å²) in [6.07, 6.45) is 12.6. The van der Waals surface area contributed by atoms with Gasteiger partial charge in [-0.1, -0.05) is 19.1 Å². The lowest BCUT2D eigenvalue weighted by atomic mass is 9.96. The zero-order valence-electron chi connectivity index (χ0n) is 17.4. The number of allylic oxidation sites excluding steroid dienone is 4. The van der Waals surface area contributed by atoms with Gasteiger partial charge in [0.2, 0.25) is 0 Å². The highest BCUT2D eigenvalue weighted by atomic mass is 19.1. The molecule has 1 aromatic heterocycles. The van der Waals surface area contributed by atoms with Crippen molar-refractivity contribution in [1.82, 2.24) is 14.7 Å². The Labute approximate surface area is 175 Å². The van der Waals surface area contributed by atoms with Crippen LogP contribution >= 0.6 is 0 Å². The van der Waals surface area contributed by atoms with Crippen LogP contribution in [-0.4, -0.2) is 14.7 Å². The summed E-state index contributed by atoms with van der Waals surface area (Å²) in [6, 6.07) is 3.83. The van der Waals surface area contributed by atoms with Gasteiger partial charge < -0.3 is 9.64 Å². The topological polar surface area (TPSA) is 30.3 Å². The summed E-state index contributed by atoms with van der Waals surface area (Å²) >= 11 is 0. The quantitative estimate of drug-likeness (QED) is 0.628. The van der Waals surface area contributed by atoms with E-state index in [-0.39, 0.29) is 12.2 Å². The second-order valence-electron chi connectivity index (χ2n) is 7.57. The number of ether oxygens (including phenoxy) is 1. The molecule has 4 nitrogen and oxygen atoms in total. The number of aryl methyl sites for hydroxylation is 1. The van der Waals surface area contributed by atoms with Gasteiger partial charge in [0.25, 0.3) is 0 Å². The zero-order valence-corrected chi connectivity index (χ0v) is 17.4. The Morgan fingerprint density at radius 2 is 2.00 bits per heavy atom. The fourth-order valence-electron chi connectivity index (χ4n) is 3.75. The van der Waals surface area contributed by atoms with Crippen LogP contribution in [0.2, 0.25) is 0 Å². The van der Waals surface area contributed by atoms with Crippen molar-refractivity contribution >= 4 is 5.70 Å². The van der Waals surface area contributed by atoms with Crippen molar-refractivity contribution in [1.29, 1.82) is 0 Å². The van der Waals surface area contributed by atoms with E-state index < -0.39 is 11.6 Å². The van der Waals surface area contributed by atoms with E-state index in [1.165, 1.54) is 23.8 Å². The maximum Gasteiger partial charge on any atom is 0.143 e. The Morgan fingerprint density at radius 3 is 2.70 bits per heavy atom. The van der Waals surface area contributed by atoms with E-state index in [0.717, 1.165) is 29.9 Å². The molecule has 4 rings (SSSR count). The molecule has 1 atom stereocenters. The van der Waals surface area contributed by atoms with Gasteiger partial charge in [-0.25, -0.2) is 8.78 Å². The summed E-state index contributed by atoms with van der Waals surface area (Å²) in [5, 5.41) is 4.44. The Bertz CT molecular complexity index is 1060. The number of hydrogen-bond acceptors (Lipinski definition) is 3. The van der Waals surface area contributed by atoms with Crippen molar-refractivity contribution in [3.05, 3.63) is 94.8 Å². The highest BCUT2D eigenvalue weighted by Crippen LogP contribution is 2.39. The highest BCUT2D eigenvalue weighted by Gasteiger charge is 2.28. The second kappa shape index (κ2) is 8.30. The number of hydrogen-bond donors (Lipinski definition) is 0. The van der Waals surface area contributed by atoms with Crippen molar-refractivity contribution in [2.45, 2.75) is 40.3 Å². The van der Waals surface area contributed by atoms with Gasteiger partial charge in [-0.15, -0.1) is 0 Å². The lowest BCUT2D eigenvalue weighted by Gasteiger charge is -2.30. The molecule has 2 aliphatic rings. The molecule has 0 fully saturated rings. The Morgan fingerprint density at radius 1 is 1.23 bits per heavy atom. The highest BCUT2D eigenvalue weighted by molar-refractivity contribution is 5.71. The van der Waals surface area contributed by atoms with Gasteiger partial charge in [0, 0.05) is 24.5 Å². The van der Waals surface area contributed by atoms with Gasteiger partial charge in [-0.2, -0.15) is 5.10 Å². The lowest BCUT2D eigenvalue weighted by molar-refractivity contribution is 0.190. The molecule has 0 aliphatic carbocycles. The Balaban J connectivity index is 1.66. The fourth-order valence-corrected chi connectivity index (χ4v) is 3.75. The molecular formula is C24H25F2N3O. The number of rotatable bonds is 5. The van der Waals surface area contributed by atoms with Crippen LogP contribution in [0.5, 0.6) is 0 Å². The minimum Gasteiger partial charge on any atom is -0.486 e. The maximum absolute atomic E-state index is 14.0. The minimum atomic E-state index is -0.606. The van der Waals surface area contributed by atoms with Gasteiger partial charge in [0.1, 0.15) is 24.0 Å². The van der Waals surface area contributed by atoms with E-state index in [4.69, 9.17) is 4.74 Å². The standard InChI is InChI=1S/C24H25F2N3O/c1-4-28-14-18(13-27-28)24-17(3)16(2)10-11-22-23(9-6-12-29(22)24)30-15-19-20(25)7-5-8-21(19)26/h5-9,11-14,16H,4,10,15H2,1-3H3. The fraction of sp³-hybridized carbons (Fsp3) is 0.292. The second-order valence-corrected chi connectivity index (χ2v) is 7.57. The van der Waals surface area contributed by atoms with Crippen LogP contribution in [-0.2, 0) is 17.9 Å². The summed E-state index contributed by atoms with van der Waals surface area (Å²) < 4.78 is 35.9. The van der Waals surface area contributed by atoms with Gasteiger partial charge in [-0.3, -0.25) is 4.68 Å². The molecule has 30 heavy (non-hydrogen) atoms. The van der Waals surface area contributed by atoms with E-state index in [0.29, 0.717) is 11.7 Å². The van der Waals surface area contributed by atoms with Crippen LogP contribution in [0.1, 0.15) is 38.3 Å². The first-order valence-corrected chi connectivity index (χ1v) is 10.2. The van der Waals surface area contributed by atoms with Crippen LogP contribution in [0.4, 0.5) is 8.78 Å². The molecule has 2 aliphatic heterocycles. The van der Waals surface area contributed by atoms with E-state index in [1.807, 2.05) is 35.4 Å². The van der Waals surface area contributed by atoms with Crippen molar-refractivity contribution in [2.75, 3.05) is 0 Å². The summed E-state index contributed by atoms with van der Waals surface area (Å²) in [6.45, 7) is 7.00. The summed E-state index contributed by atoms with van der Waals surface area (Å²) in [5.74, 6) is -0.291. The smallest absolute Gasteiger partial charge is 0.143 e. The van der Waals surface area contributed by atoms with Crippen molar-refractivity contribution < 1.29 is 13.5 Å². The first kappa shape index (κ1) is 20.1. The van der Waals surface area contributed by atoms with E-state index in [9.17, 15) is 8.78 Å². The van der Waals surface area contributed by atoms with E-state index in [2.05, 4.69) is 36.8 Å². The van der Waals surface area contributed by atoms with Gasteiger partial charge >= 0.3 is 0 Å². The summed E-state index contributed by atoms with van der Waals surface area (Å²) in [7, 11) is 0. The molecule has 0 bridgehead atoms. The number of fused-ring (bicyclic) bond motifs is 1. The average molecular weight is 409 g/mol. The monoisotopic (exact) mass is 409 g/mol. The molecule has 1 unspecified atom stereocenters. The third kappa shape index (κ3) is 3.70. The number of nitrogens with zero attached hydrogens (tertiary/aromatic N) is 3. The molecule has 1 aromatic carbocycles. The predicted molar refractivity (Wildman–Crippen MR) is 113 cm³/mol. The van der Waals surface area contributed by atoms with Gasteiger partial charge in [-0.05, 0) is 56.0 Å². The first-order chi connectivity index (χ1) is 14.5. The van der Waals surface area contributed by atoms with E-state index >= 15 is 0 Å². The molecule has 6 heteroatoms. The third-order valence-electron chi connectivity index (χ3n) is 5.68. The number of halogens is 2.